The second kappa shape index (κ2) is 7.70. The first-order chi connectivity index (χ1) is 8.38. The van der Waals surface area contributed by atoms with Crippen LogP contribution in [0.5, 0.6) is 0 Å². The molecule has 0 amide bonds. The highest BCUT2D eigenvalue weighted by atomic mass is 35.5. The van der Waals surface area contributed by atoms with Gasteiger partial charge in [0.25, 0.3) is 0 Å². The van der Waals surface area contributed by atoms with E-state index in [-0.39, 0.29) is 18.0 Å². The molecule has 110 valence electrons. The quantitative estimate of drug-likeness (QED) is 0.610. The maximum Gasteiger partial charge on any atom is 0.419 e. The van der Waals surface area contributed by atoms with E-state index >= 15 is 0 Å². The molecule has 0 saturated heterocycles. The lowest BCUT2D eigenvalue weighted by molar-refractivity contribution is -0.140. The van der Waals surface area contributed by atoms with Crippen molar-refractivity contribution in [2.24, 2.45) is 5.73 Å². The van der Waals surface area contributed by atoms with Crippen LogP contribution in [0, 0.1) is 5.82 Å². The number of hydrogen-bond donors (Lipinski definition) is 1. The summed E-state index contributed by atoms with van der Waals surface area (Å²) in [5.41, 5.74) is 4.35. The van der Waals surface area contributed by atoms with Gasteiger partial charge >= 0.3 is 6.18 Å². The molecule has 0 saturated carbocycles. The van der Waals surface area contributed by atoms with E-state index in [2.05, 4.69) is 0 Å². The van der Waals surface area contributed by atoms with Crippen molar-refractivity contribution < 1.29 is 17.6 Å². The van der Waals surface area contributed by atoms with Crippen LogP contribution in [0.1, 0.15) is 49.8 Å². The maximum atomic E-state index is 13.3. The minimum absolute atomic E-state index is 0. The van der Waals surface area contributed by atoms with Gasteiger partial charge in [0.05, 0.1) is 5.56 Å². The van der Waals surface area contributed by atoms with Crippen LogP contribution in [-0.2, 0) is 6.18 Å². The third kappa shape index (κ3) is 4.99. The summed E-state index contributed by atoms with van der Waals surface area (Å²) in [4.78, 5) is 0. The molecule has 0 heterocycles. The van der Waals surface area contributed by atoms with Gasteiger partial charge in [-0.25, -0.2) is 4.39 Å². The molecule has 6 heteroatoms. The lowest BCUT2D eigenvalue weighted by Gasteiger charge is -2.18. The van der Waals surface area contributed by atoms with Crippen molar-refractivity contribution in [3.05, 3.63) is 35.1 Å². The van der Waals surface area contributed by atoms with Crippen LogP contribution in [0.4, 0.5) is 17.6 Å². The number of benzene rings is 1. The fourth-order valence-corrected chi connectivity index (χ4v) is 1.92. The van der Waals surface area contributed by atoms with E-state index < -0.39 is 23.6 Å². The standard InChI is InChI=1S/C13H17F4N.ClH/c1-2-3-4-8-11(18)9-6-5-7-10(14)12(9)13(15,16)17;/h5-7,11H,2-4,8,18H2,1H3;1H/t11-;/m1./s1. The summed E-state index contributed by atoms with van der Waals surface area (Å²) in [6, 6.07) is 2.55. The smallest absolute Gasteiger partial charge is 0.324 e. The molecule has 0 aliphatic rings. The average Bonchev–Trinajstić information content (AvgIpc) is 2.27. The highest BCUT2D eigenvalue weighted by Crippen LogP contribution is 2.36. The SMILES string of the molecule is CCCCC[C@@H](N)c1cccc(F)c1C(F)(F)F.Cl. The van der Waals surface area contributed by atoms with Crippen molar-refractivity contribution in [1.29, 1.82) is 0 Å². The Morgan fingerprint density at radius 3 is 2.37 bits per heavy atom. The number of rotatable bonds is 5. The zero-order valence-electron chi connectivity index (χ0n) is 10.6. The minimum Gasteiger partial charge on any atom is -0.324 e. The Morgan fingerprint density at radius 2 is 1.84 bits per heavy atom. The van der Waals surface area contributed by atoms with Crippen molar-refractivity contribution in [2.75, 3.05) is 0 Å². The Labute approximate surface area is 116 Å². The number of unbranched alkanes of at least 4 members (excludes halogenated alkanes) is 2. The van der Waals surface area contributed by atoms with E-state index in [1.165, 1.54) is 12.1 Å². The van der Waals surface area contributed by atoms with Crippen LogP contribution in [-0.4, -0.2) is 0 Å². The molecule has 2 N–H and O–H groups in total. The number of nitrogens with two attached hydrogens (primary N) is 1. The molecule has 1 aromatic rings. The Balaban J connectivity index is 0.00000324. The number of alkyl halides is 3. The van der Waals surface area contributed by atoms with E-state index in [1.54, 1.807) is 0 Å². The molecule has 0 fully saturated rings. The molecule has 1 aromatic carbocycles. The lowest BCUT2D eigenvalue weighted by Crippen LogP contribution is -2.19. The second-order valence-electron chi connectivity index (χ2n) is 4.30. The molecule has 0 aromatic heterocycles. The second-order valence-corrected chi connectivity index (χ2v) is 4.30. The topological polar surface area (TPSA) is 26.0 Å². The highest BCUT2D eigenvalue weighted by molar-refractivity contribution is 5.85. The first-order valence-electron chi connectivity index (χ1n) is 5.99. The third-order valence-electron chi connectivity index (χ3n) is 2.85. The molecule has 0 radical (unpaired) electrons. The molecule has 1 nitrogen and oxygen atoms in total. The Hall–Kier alpha value is -0.810. The Morgan fingerprint density at radius 1 is 1.21 bits per heavy atom. The van der Waals surface area contributed by atoms with Crippen molar-refractivity contribution in [1.82, 2.24) is 0 Å². The fraction of sp³-hybridized carbons (Fsp3) is 0.538. The summed E-state index contributed by atoms with van der Waals surface area (Å²) < 4.78 is 51.6. The Kier molecular flexibility index (Phi) is 7.37. The molecule has 0 aliphatic carbocycles. The summed E-state index contributed by atoms with van der Waals surface area (Å²) >= 11 is 0. The van der Waals surface area contributed by atoms with Gasteiger partial charge in [0.15, 0.2) is 0 Å². The molecular weight excluding hydrogens is 282 g/mol. The van der Waals surface area contributed by atoms with E-state index in [0.29, 0.717) is 6.42 Å². The zero-order valence-corrected chi connectivity index (χ0v) is 11.5. The zero-order chi connectivity index (χ0) is 13.8. The van der Waals surface area contributed by atoms with Crippen molar-refractivity contribution >= 4 is 12.4 Å². The van der Waals surface area contributed by atoms with Crippen LogP contribution in [0.2, 0.25) is 0 Å². The fourth-order valence-electron chi connectivity index (χ4n) is 1.92. The first kappa shape index (κ1) is 18.2. The van der Waals surface area contributed by atoms with Crippen LogP contribution in [0.3, 0.4) is 0 Å². The van der Waals surface area contributed by atoms with Gasteiger partial charge in [0.1, 0.15) is 5.82 Å². The molecular formula is C13H18ClF4N. The van der Waals surface area contributed by atoms with Gasteiger partial charge in [-0.3, -0.25) is 0 Å². The van der Waals surface area contributed by atoms with Crippen LogP contribution in [0.25, 0.3) is 0 Å². The van der Waals surface area contributed by atoms with Gasteiger partial charge in [0, 0.05) is 6.04 Å². The van der Waals surface area contributed by atoms with E-state index in [9.17, 15) is 17.6 Å². The monoisotopic (exact) mass is 299 g/mol. The molecule has 0 spiro atoms. The number of halogens is 5. The van der Waals surface area contributed by atoms with E-state index in [1.807, 2.05) is 6.92 Å². The van der Waals surface area contributed by atoms with Gasteiger partial charge < -0.3 is 5.73 Å². The lowest BCUT2D eigenvalue weighted by atomic mass is 9.96. The van der Waals surface area contributed by atoms with E-state index in [4.69, 9.17) is 5.73 Å². The van der Waals surface area contributed by atoms with Crippen molar-refractivity contribution in [2.45, 2.75) is 44.8 Å². The largest absolute Gasteiger partial charge is 0.419 e. The van der Waals surface area contributed by atoms with Crippen molar-refractivity contribution in [3.8, 4) is 0 Å². The molecule has 19 heavy (non-hydrogen) atoms. The predicted octanol–water partition coefficient (Wildman–Crippen LogP) is 4.85. The van der Waals surface area contributed by atoms with Crippen LogP contribution in [0.15, 0.2) is 18.2 Å². The van der Waals surface area contributed by atoms with Crippen LogP contribution < -0.4 is 5.73 Å². The maximum absolute atomic E-state index is 13.3. The molecule has 0 aliphatic heterocycles. The average molecular weight is 300 g/mol. The summed E-state index contributed by atoms with van der Waals surface area (Å²) in [5, 5.41) is 0. The summed E-state index contributed by atoms with van der Waals surface area (Å²) in [7, 11) is 0. The van der Waals surface area contributed by atoms with E-state index in [0.717, 1.165) is 25.3 Å². The summed E-state index contributed by atoms with van der Waals surface area (Å²) in [6.07, 6.45) is -1.67. The van der Waals surface area contributed by atoms with Gasteiger partial charge in [-0.2, -0.15) is 13.2 Å². The van der Waals surface area contributed by atoms with Gasteiger partial charge in [-0.1, -0.05) is 38.3 Å². The minimum atomic E-state index is -4.71. The van der Waals surface area contributed by atoms with Crippen LogP contribution >= 0.6 is 12.4 Å². The molecule has 0 unspecified atom stereocenters. The van der Waals surface area contributed by atoms with Gasteiger partial charge in [-0.05, 0) is 18.1 Å². The van der Waals surface area contributed by atoms with Crippen molar-refractivity contribution in [3.63, 3.8) is 0 Å². The number of hydrogen-bond acceptors (Lipinski definition) is 1. The predicted molar refractivity (Wildman–Crippen MR) is 69.7 cm³/mol. The van der Waals surface area contributed by atoms with Gasteiger partial charge in [-0.15, -0.1) is 12.4 Å². The normalized spacial score (nSPS) is 12.9. The highest BCUT2D eigenvalue weighted by Gasteiger charge is 2.37. The summed E-state index contributed by atoms with van der Waals surface area (Å²) in [5.74, 6) is -1.26. The van der Waals surface area contributed by atoms with Gasteiger partial charge in [0.2, 0.25) is 0 Å². The molecule has 1 rings (SSSR count). The summed E-state index contributed by atoms with van der Waals surface area (Å²) in [6.45, 7) is 1.99. The molecule has 0 bridgehead atoms. The molecule has 1 atom stereocenters. The first-order valence-corrected chi connectivity index (χ1v) is 5.99. The Bertz CT molecular complexity index is 393. The third-order valence-corrected chi connectivity index (χ3v) is 2.85.